The van der Waals surface area contributed by atoms with Crippen LogP contribution >= 0.6 is 0 Å². The molecule has 0 saturated carbocycles. The highest BCUT2D eigenvalue weighted by Crippen LogP contribution is 2.21. The van der Waals surface area contributed by atoms with Crippen LogP contribution in [-0.4, -0.2) is 68.7 Å². The molecule has 0 bridgehead atoms. The summed E-state index contributed by atoms with van der Waals surface area (Å²) in [6.07, 6.45) is 11.8. The van der Waals surface area contributed by atoms with Crippen LogP contribution < -0.4 is 0 Å². The van der Waals surface area contributed by atoms with Gasteiger partial charge in [0.15, 0.2) is 0 Å². The van der Waals surface area contributed by atoms with Crippen molar-refractivity contribution in [3.8, 4) is 12.3 Å². The van der Waals surface area contributed by atoms with E-state index in [1.807, 2.05) is 11.9 Å². The molecule has 1 fully saturated rings. The second kappa shape index (κ2) is 7.95. The molecule has 23 heavy (non-hydrogen) atoms. The first-order chi connectivity index (χ1) is 10.9. The summed E-state index contributed by atoms with van der Waals surface area (Å²) in [6.45, 7) is 1.29. The summed E-state index contributed by atoms with van der Waals surface area (Å²) in [5, 5.41) is 0. The molecule has 128 valence electrons. The van der Waals surface area contributed by atoms with Crippen molar-refractivity contribution in [2.75, 3.05) is 39.0 Å². The van der Waals surface area contributed by atoms with Crippen molar-refractivity contribution in [1.82, 2.24) is 9.21 Å². The predicted octanol–water partition coefficient (Wildman–Crippen LogP) is 0.465. The van der Waals surface area contributed by atoms with E-state index in [-0.39, 0.29) is 30.9 Å². The van der Waals surface area contributed by atoms with Gasteiger partial charge in [0, 0.05) is 19.1 Å². The fraction of sp³-hybridized carbons (Fsp3) is 0.688. The first kappa shape index (κ1) is 18.0. The van der Waals surface area contributed by atoms with E-state index in [9.17, 15) is 13.2 Å². The molecular weight excluding hydrogens is 316 g/mol. The van der Waals surface area contributed by atoms with Gasteiger partial charge in [-0.3, -0.25) is 9.69 Å². The molecule has 1 heterocycles. The summed E-state index contributed by atoms with van der Waals surface area (Å²) in [6, 6.07) is -0.121. The number of hydrogen-bond donors (Lipinski definition) is 0. The second-order valence-electron chi connectivity index (χ2n) is 6.10. The monoisotopic (exact) mass is 340 g/mol. The molecule has 7 heteroatoms. The summed E-state index contributed by atoms with van der Waals surface area (Å²) >= 11 is 0. The lowest BCUT2D eigenvalue weighted by atomic mass is 10.1. The molecule has 0 radical (unpaired) electrons. The molecule has 0 aromatic rings. The van der Waals surface area contributed by atoms with Crippen molar-refractivity contribution in [3.63, 3.8) is 0 Å². The third kappa shape index (κ3) is 5.06. The Morgan fingerprint density at radius 2 is 2.30 bits per heavy atom. The fourth-order valence-corrected chi connectivity index (χ4v) is 4.63. The first-order valence-corrected chi connectivity index (χ1v) is 9.47. The molecule has 2 aliphatic rings. The Labute approximate surface area is 138 Å². The minimum atomic E-state index is -3.27. The van der Waals surface area contributed by atoms with Gasteiger partial charge in [0.1, 0.15) is 6.61 Å². The number of ether oxygens (including phenoxy) is 1. The van der Waals surface area contributed by atoms with Crippen LogP contribution in [0.1, 0.15) is 19.3 Å². The molecule has 0 N–H and O–H groups in total. The average molecular weight is 340 g/mol. The van der Waals surface area contributed by atoms with E-state index in [1.165, 1.54) is 4.31 Å². The molecule has 2 rings (SSSR count). The van der Waals surface area contributed by atoms with Crippen molar-refractivity contribution in [2.24, 2.45) is 5.92 Å². The summed E-state index contributed by atoms with van der Waals surface area (Å²) in [5.41, 5.74) is 0. The number of allylic oxidation sites excluding steroid dienone is 2. The molecule has 0 aromatic carbocycles. The van der Waals surface area contributed by atoms with Crippen LogP contribution in [0.25, 0.3) is 0 Å². The SMILES string of the molecule is C#CCN1CC(N(C)CCOC(=O)CC2C=CCC2)CS1(=O)=O. The van der Waals surface area contributed by atoms with Gasteiger partial charge in [-0.15, -0.1) is 6.42 Å². The van der Waals surface area contributed by atoms with Crippen molar-refractivity contribution in [3.05, 3.63) is 12.2 Å². The lowest BCUT2D eigenvalue weighted by molar-refractivity contribution is -0.144. The normalized spacial score (nSPS) is 26.5. The summed E-state index contributed by atoms with van der Waals surface area (Å²) in [7, 11) is -1.43. The van der Waals surface area contributed by atoms with E-state index in [2.05, 4.69) is 18.1 Å². The Kier molecular flexibility index (Phi) is 6.22. The zero-order valence-corrected chi connectivity index (χ0v) is 14.3. The third-order valence-electron chi connectivity index (χ3n) is 4.35. The van der Waals surface area contributed by atoms with E-state index >= 15 is 0 Å². The van der Waals surface area contributed by atoms with Gasteiger partial charge in [-0.25, -0.2) is 8.42 Å². The predicted molar refractivity (Wildman–Crippen MR) is 88.1 cm³/mol. The van der Waals surface area contributed by atoms with Gasteiger partial charge < -0.3 is 4.74 Å². The molecule has 0 spiro atoms. The molecule has 2 atom stereocenters. The second-order valence-corrected chi connectivity index (χ2v) is 8.11. The molecule has 6 nitrogen and oxygen atoms in total. The standard InChI is InChI=1S/C16H24N2O4S/c1-3-8-18-12-15(13-23(18,20)21)17(2)9-10-22-16(19)11-14-6-4-5-7-14/h1,4,6,14-15H,5,7-13H2,2H3. The molecule has 0 amide bonds. The number of nitrogens with zero attached hydrogens (tertiary/aromatic N) is 2. The lowest BCUT2D eigenvalue weighted by Gasteiger charge is -2.22. The van der Waals surface area contributed by atoms with Crippen molar-refractivity contribution in [2.45, 2.75) is 25.3 Å². The van der Waals surface area contributed by atoms with Gasteiger partial charge in [0.2, 0.25) is 10.0 Å². The van der Waals surface area contributed by atoms with Crippen LogP contribution in [0.4, 0.5) is 0 Å². The smallest absolute Gasteiger partial charge is 0.306 e. The van der Waals surface area contributed by atoms with Crippen molar-refractivity contribution in [1.29, 1.82) is 0 Å². The van der Waals surface area contributed by atoms with Crippen LogP contribution in [0.15, 0.2) is 12.2 Å². The average Bonchev–Trinajstić information content (AvgIpc) is 3.07. The molecule has 2 unspecified atom stereocenters. The maximum atomic E-state index is 12.0. The van der Waals surface area contributed by atoms with Crippen LogP contribution in [-0.2, 0) is 19.6 Å². The molecule has 1 saturated heterocycles. The molecule has 1 aliphatic carbocycles. The van der Waals surface area contributed by atoms with E-state index in [4.69, 9.17) is 11.2 Å². The van der Waals surface area contributed by atoms with Crippen LogP contribution in [0.2, 0.25) is 0 Å². The Morgan fingerprint density at radius 1 is 1.52 bits per heavy atom. The van der Waals surface area contributed by atoms with Crippen LogP contribution in [0.3, 0.4) is 0 Å². The summed E-state index contributed by atoms with van der Waals surface area (Å²) in [4.78, 5) is 13.7. The number of hydrogen-bond acceptors (Lipinski definition) is 5. The topological polar surface area (TPSA) is 66.9 Å². The minimum absolute atomic E-state index is 0.0615. The number of carbonyl (C=O) groups excluding carboxylic acids is 1. The zero-order chi connectivity index (χ0) is 16.9. The molecular formula is C16H24N2O4S. The Hall–Kier alpha value is -1.36. The van der Waals surface area contributed by atoms with Crippen molar-refractivity contribution < 1.29 is 17.9 Å². The molecule has 1 aliphatic heterocycles. The number of terminal acetylenes is 1. The highest BCUT2D eigenvalue weighted by molar-refractivity contribution is 7.89. The zero-order valence-electron chi connectivity index (χ0n) is 13.5. The quantitative estimate of drug-likeness (QED) is 0.383. The van der Waals surface area contributed by atoms with Gasteiger partial charge in [-0.1, -0.05) is 18.1 Å². The highest BCUT2D eigenvalue weighted by atomic mass is 32.2. The largest absolute Gasteiger partial charge is 0.464 e. The van der Waals surface area contributed by atoms with E-state index in [0.717, 1.165) is 12.8 Å². The number of carbonyl (C=O) groups is 1. The number of esters is 1. The van der Waals surface area contributed by atoms with Gasteiger partial charge in [0.05, 0.1) is 18.7 Å². The van der Waals surface area contributed by atoms with Gasteiger partial charge in [0.25, 0.3) is 0 Å². The van der Waals surface area contributed by atoms with E-state index < -0.39 is 10.0 Å². The van der Waals surface area contributed by atoms with Gasteiger partial charge in [-0.2, -0.15) is 4.31 Å². The summed E-state index contributed by atoms with van der Waals surface area (Å²) < 4.78 is 30.5. The maximum Gasteiger partial charge on any atom is 0.306 e. The Bertz CT molecular complexity index is 594. The Morgan fingerprint density at radius 3 is 2.96 bits per heavy atom. The molecule has 0 aromatic heterocycles. The Balaban J connectivity index is 1.71. The van der Waals surface area contributed by atoms with Crippen LogP contribution in [0.5, 0.6) is 0 Å². The lowest BCUT2D eigenvalue weighted by Crippen LogP contribution is -2.38. The summed E-state index contributed by atoms with van der Waals surface area (Å²) in [5.74, 6) is 2.54. The first-order valence-electron chi connectivity index (χ1n) is 7.86. The third-order valence-corrected chi connectivity index (χ3v) is 6.22. The number of rotatable bonds is 7. The maximum absolute atomic E-state index is 12.0. The van der Waals surface area contributed by atoms with E-state index in [0.29, 0.717) is 25.4 Å². The minimum Gasteiger partial charge on any atom is -0.464 e. The van der Waals surface area contributed by atoms with Crippen LogP contribution in [0, 0.1) is 18.3 Å². The van der Waals surface area contributed by atoms with E-state index in [1.54, 1.807) is 0 Å². The van der Waals surface area contributed by atoms with Gasteiger partial charge >= 0.3 is 5.97 Å². The highest BCUT2D eigenvalue weighted by Gasteiger charge is 2.37. The van der Waals surface area contributed by atoms with Crippen molar-refractivity contribution >= 4 is 16.0 Å². The fourth-order valence-electron chi connectivity index (χ4n) is 2.91. The number of likely N-dealkylation sites (N-methyl/N-ethyl adjacent to an activating group) is 1. The van der Waals surface area contributed by atoms with Gasteiger partial charge in [-0.05, 0) is 25.8 Å². The number of sulfonamides is 1.